The van der Waals surface area contributed by atoms with Crippen molar-refractivity contribution in [1.82, 2.24) is 10.9 Å². The Kier molecular flexibility index (Phi) is 3.86. The molecule has 0 aromatic rings. The van der Waals surface area contributed by atoms with Crippen molar-refractivity contribution in [2.75, 3.05) is 0 Å². The van der Waals surface area contributed by atoms with Crippen LogP contribution in [0.15, 0.2) is 46.8 Å². The van der Waals surface area contributed by atoms with Crippen LogP contribution >= 0.6 is 0 Å². The highest BCUT2D eigenvalue weighted by Crippen LogP contribution is 2.33. The molecule has 0 aliphatic heterocycles. The van der Waals surface area contributed by atoms with E-state index in [-0.39, 0.29) is 10.8 Å². The van der Waals surface area contributed by atoms with E-state index >= 15 is 0 Å². The number of nitrogens with one attached hydrogen (secondary N) is 2. The van der Waals surface area contributed by atoms with Crippen LogP contribution in [0.1, 0.15) is 54.4 Å². The van der Waals surface area contributed by atoms with Crippen LogP contribution in [0, 0.1) is 10.8 Å². The molecule has 0 aromatic carbocycles. The van der Waals surface area contributed by atoms with E-state index in [0.29, 0.717) is 0 Å². The summed E-state index contributed by atoms with van der Waals surface area (Å²) in [5.74, 6) is 0. The van der Waals surface area contributed by atoms with Gasteiger partial charge in [-0.1, -0.05) is 51.0 Å². The maximum absolute atomic E-state index is 3.36. The van der Waals surface area contributed by atoms with Gasteiger partial charge in [0.2, 0.25) is 0 Å². The molecule has 110 valence electrons. The maximum Gasteiger partial charge on any atom is 0.0504 e. The number of hydrogen-bond acceptors (Lipinski definition) is 2. The van der Waals surface area contributed by atoms with Crippen molar-refractivity contribution in [2.45, 2.75) is 54.4 Å². The average molecular weight is 272 g/mol. The molecule has 2 nitrogen and oxygen atoms in total. The standard InChI is InChI=1S/C18H28N2/c1-13-7-15(11-17(3,4)9-13)19-20-16-8-14(2)10-18(5,6)12-16/h7-8,11-12,19-20H,9-10H2,1-6H3. The average Bonchev–Trinajstić information content (AvgIpc) is 2.20. The van der Waals surface area contributed by atoms with E-state index in [2.05, 4.69) is 76.7 Å². The second kappa shape index (κ2) is 5.16. The van der Waals surface area contributed by atoms with Gasteiger partial charge >= 0.3 is 0 Å². The van der Waals surface area contributed by atoms with Gasteiger partial charge < -0.3 is 10.9 Å². The minimum absolute atomic E-state index is 0.231. The van der Waals surface area contributed by atoms with E-state index in [1.165, 1.54) is 11.1 Å². The molecule has 0 fully saturated rings. The molecule has 2 aliphatic rings. The zero-order chi connectivity index (χ0) is 15.0. The molecular formula is C18H28N2. The first-order chi connectivity index (χ1) is 9.15. The maximum atomic E-state index is 3.36. The van der Waals surface area contributed by atoms with Gasteiger partial charge in [-0.15, -0.1) is 0 Å². The fourth-order valence-corrected chi connectivity index (χ4v) is 3.39. The van der Waals surface area contributed by atoms with Crippen LogP contribution in [0.2, 0.25) is 0 Å². The normalized spacial score (nSPS) is 24.1. The molecule has 0 aromatic heterocycles. The van der Waals surface area contributed by atoms with Gasteiger partial charge in [-0.05, 0) is 49.7 Å². The first-order valence-electron chi connectivity index (χ1n) is 7.47. The van der Waals surface area contributed by atoms with Gasteiger partial charge in [-0.2, -0.15) is 0 Å². The Bertz CT molecular complexity index is 466. The van der Waals surface area contributed by atoms with Gasteiger partial charge in [0.05, 0.1) is 11.4 Å². The summed E-state index contributed by atoms with van der Waals surface area (Å²) < 4.78 is 0. The third kappa shape index (κ3) is 4.03. The summed E-state index contributed by atoms with van der Waals surface area (Å²) in [7, 11) is 0. The zero-order valence-corrected chi connectivity index (χ0v) is 13.7. The summed E-state index contributed by atoms with van der Waals surface area (Å²) in [5.41, 5.74) is 12.3. The van der Waals surface area contributed by atoms with Gasteiger partial charge in [0, 0.05) is 0 Å². The van der Waals surface area contributed by atoms with E-state index in [4.69, 9.17) is 0 Å². The molecular weight excluding hydrogens is 244 g/mol. The van der Waals surface area contributed by atoms with Crippen molar-refractivity contribution in [1.29, 1.82) is 0 Å². The Hall–Kier alpha value is -1.44. The van der Waals surface area contributed by atoms with Gasteiger partial charge in [-0.25, -0.2) is 0 Å². The minimum atomic E-state index is 0.231. The number of hydrazine groups is 1. The molecule has 0 saturated heterocycles. The predicted octanol–water partition coefficient (Wildman–Crippen LogP) is 4.60. The van der Waals surface area contributed by atoms with Gasteiger partial charge in [0.15, 0.2) is 0 Å². The molecule has 0 amide bonds. The lowest BCUT2D eigenvalue weighted by Crippen LogP contribution is -2.33. The summed E-state index contributed by atoms with van der Waals surface area (Å²) in [4.78, 5) is 0. The SMILES string of the molecule is CC1=CC(NNC2=CC(C)(C)CC(C)=C2)=CC(C)(C)C1. The van der Waals surface area contributed by atoms with E-state index in [1.54, 1.807) is 0 Å². The summed E-state index contributed by atoms with van der Waals surface area (Å²) in [6.07, 6.45) is 11.3. The van der Waals surface area contributed by atoms with E-state index in [1.807, 2.05) is 0 Å². The predicted molar refractivity (Wildman–Crippen MR) is 86.7 cm³/mol. The Morgan fingerprint density at radius 2 is 1.10 bits per heavy atom. The van der Waals surface area contributed by atoms with E-state index in [9.17, 15) is 0 Å². The quantitative estimate of drug-likeness (QED) is 0.734. The van der Waals surface area contributed by atoms with Crippen molar-refractivity contribution in [2.24, 2.45) is 10.8 Å². The molecule has 2 N–H and O–H groups in total. The lowest BCUT2D eigenvalue weighted by molar-refractivity contribution is 0.451. The molecule has 2 rings (SSSR count). The first kappa shape index (κ1) is 15.0. The smallest absolute Gasteiger partial charge is 0.0504 e. The van der Waals surface area contributed by atoms with Crippen molar-refractivity contribution in [3.63, 3.8) is 0 Å². The summed E-state index contributed by atoms with van der Waals surface area (Å²) in [6.45, 7) is 13.5. The van der Waals surface area contributed by atoms with Gasteiger partial charge in [0.25, 0.3) is 0 Å². The topological polar surface area (TPSA) is 24.1 Å². The lowest BCUT2D eigenvalue weighted by atomic mass is 9.81. The summed E-state index contributed by atoms with van der Waals surface area (Å²) in [5, 5.41) is 0. The second-order valence-corrected chi connectivity index (χ2v) is 7.76. The van der Waals surface area contributed by atoms with Gasteiger partial charge in [-0.3, -0.25) is 0 Å². The van der Waals surface area contributed by atoms with Crippen LogP contribution in [0.25, 0.3) is 0 Å². The second-order valence-electron chi connectivity index (χ2n) is 7.76. The highest BCUT2D eigenvalue weighted by molar-refractivity contribution is 5.32. The Labute approximate surface area is 123 Å². The Morgan fingerprint density at radius 1 is 0.750 bits per heavy atom. The van der Waals surface area contributed by atoms with Crippen molar-refractivity contribution in [3.8, 4) is 0 Å². The highest BCUT2D eigenvalue weighted by Gasteiger charge is 2.22. The molecule has 0 saturated carbocycles. The van der Waals surface area contributed by atoms with E-state index < -0.39 is 0 Å². The molecule has 2 heteroatoms. The Morgan fingerprint density at radius 3 is 1.40 bits per heavy atom. The first-order valence-corrected chi connectivity index (χ1v) is 7.47. The largest absolute Gasteiger partial charge is 0.301 e. The monoisotopic (exact) mass is 272 g/mol. The fraction of sp³-hybridized carbons (Fsp3) is 0.556. The molecule has 0 bridgehead atoms. The molecule has 0 atom stereocenters. The minimum Gasteiger partial charge on any atom is -0.301 e. The lowest BCUT2D eigenvalue weighted by Gasteiger charge is -2.29. The third-order valence-electron chi connectivity index (χ3n) is 3.72. The molecule has 20 heavy (non-hydrogen) atoms. The number of allylic oxidation sites excluding steroid dienone is 6. The fourth-order valence-electron chi connectivity index (χ4n) is 3.39. The molecule has 2 aliphatic carbocycles. The number of rotatable bonds is 3. The molecule has 0 unspecified atom stereocenters. The van der Waals surface area contributed by atoms with Crippen molar-refractivity contribution in [3.05, 3.63) is 46.8 Å². The zero-order valence-electron chi connectivity index (χ0n) is 13.7. The molecule has 0 heterocycles. The van der Waals surface area contributed by atoms with Crippen LogP contribution in [0.5, 0.6) is 0 Å². The number of hydrogen-bond donors (Lipinski definition) is 2. The van der Waals surface area contributed by atoms with Crippen LogP contribution in [0.3, 0.4) is 0 Å². The molecule has 0 spiro atoms. The summed E-state index contributed by atoms with van der Waals surface area (Å²) >= 11 is 0. The summed E-state index contributed by atoms with van der Waals surface area (Å²) in [6, 6.07) is 0. The van der Waals surface area contributed by atoms with Crippen LogP contribution in [0.4, 0.5) is 0 Å². The van der Waals surface area contributed by atoms with Crippen LogP contribution in [-0.2, 0) is 0 Å². The van der Waals surface area contributed by atoms with Crippen LogP contribution in [-0.4, -0.2) is 0 Å². The van der Waals surface area contributed by atoms with Crippen molar-refractivity contribution >= 4 is 0 Å². The van der Waals surface area contributed by atoms with Crippen LogP contribution < -0.4 is 10.9 Å². The highest BCUT2D eigenvalue weighted by atomic mass is 15.4. The molecule has 0 radical (unpaired) electrons. The third-order valence-corrected chi connectivity index (χ3v) is 3.72. The van der Waals surface area contributed by atoms with Crippen molar-refractivity contribution < 1.29 is 0 Å². The van der Waals surface area contributed by atoms with Gasteiger partial charge in [0.1, 0.15) is 0 Å². The van der Waals surface area contributed by atoms with E-state index in [0.717, 1.165) is 24.2 Å². The Balaban J connectivity index is 2.06.